The molecule has 12 nitrogen and oxygen atoms in total. The van der Waals surface area contributed by atoms with Crippen LogP contribution < -0.4 is 21.3 Å². The number of anilines is 2. The van der Waals surface area contributed by atoms with Gasteiger partial charge in [-0.15, -0.1) is 0 Å². The maximum absolute atomic E-state index is 13.1. The van der Waals surface area contributed by atoms with Crippen molar-refractivity contribution in [3.8, 4) is 11.3 Å². The first-order valence-electron chi connectivity index (χ1n) is 15.3. The van der Waals surface area contributed by atoms with Crippen molar-refractivity contribution in [1.29, 1.82) is 0 Å². The lowest BCUT2D eigenvalue weighted by atomic mass is 10.0. The van der Waals surface area contributed by atoms with E-state index < -0.39 is 0 Å². The van der Waals surface area contributed by atoms with Gasteiger partial charge < -0.3 is 31.0 Å². The van der Waals surface area contributed by atoms with E-state index in [1.54, 1.807) is 19.4 Å². The van der Waals surface area contributed by atoms with Crippen LogP contribution in [0.25, 0.3) is 22.3 Å². The first kappa shape index (κ1) is 30.4. The molecule has 6 rings (SSSR count). The second-order valence-electron chi connectivity index (χ2n) is 11.7. The van der Waals surface area contributed by atoms with E-state index in [9.17, 15) is 9.59 Å². The number of aromatic amines is 1. The van der Waals surface area contributed by atoms with E-state index >= 15 is 0 Å². The summed E-state index contributed by atoms with van der Waals surface area (Å²) in [5, 5.41) is 6.99. The molecule has 0 bridgehead atoms. The number of likely N-dealkylation sites (tertiary alicyclic amines) is 1. The molecule has 0 aliphatic carbocycles. The van der Waals surface area contributed by atoms with E-state index in [0.29, 0.717) is 43.3 Å². The quantitative estimate of drug-likeness (QED) is 0.210. The Kier molecular flexibility index (Phi) is 9.15. The van der Waals surface area contributed by atoms with E-state index in [2.05, 4.69) is 53.0 Å². The molecule has 0 radical (unpaired) electrons. The Bertz CT molecular complexity index is 1680. The number of hydrogen-bond acceptors (Lipinski definition) is 9. The zero-order valence-corrected chi connectivity index (χ0v) is 25.5. The van der Waals surface area contributed by atoms with E-state index in [-0.39, 0.29) is 23.9 Å². The molecule has 2 fully saturated rings. The van der Waals surface area contributed by atoms with Crippen LogP contribution in [0.15, 0.2) is 67.1 Å². The van der Waals surface area contributed by atoms with Crippen molar-refractivity contribution in [3.05, 3.63) is 78.4 Å². The molecule has 2 atom stereocenters. The highest BCUT2D eigenvalue weighted by Gasteiger charge is 2.23. The summed E-state index contributed by atoms with van der Waals surface area (Å²) in [7, 11) is 0. The predicted molar refractivity (Wildman–Crippen MR) is 174 cm³/mol. The molecule has 2 saturated heterocycles. The normalized spacial score (nSPS) is 18.0. The summed E-state index contributed by atoms with van der Waals surface area (Å²) >= 11 is 0. The number of hydrogen-bond donors (Lipinski definition) is 4. The third-order valence-electron chi connectivity index (χ3n) is 8.31. The number of fused-ring (bicyclic) bond motifs is 1. The summed E-state index contributed by atoms with van der Waals surface area (Å²) in [6, 6.07) is 13.1. The Morgan fingerprint density at radius 3 is 2.69 bits per heavy atom. The Hall–Kier alpha value is -4.65. The molecular weight excluding hydrogens is 570 g/mol. The molecule has 5 N–H and O–H groups in total. The zero-order chi connectivity index (χ0) is 31.3. The average molecular weight is 610 g/mol. The average Bonchev–Trinajstić information content (AvgIpc) is 3.50. The molecule has 2 amide bonds. The second kappa shape index (κ2) is 13.6. The number of ether oxygens (including phenoxy) is 1. The van der Waals surface area contributed by atoms with Gasteiger partial charge in [0.15, 0.2) is 0 Å². The summed E-state index contributed by atoms with van der Waals surface area (Å²) < 4.78 is 5.49. The molecule has 2 aliphatic rings. The summed E-state index contributed by atoms with van der Waals surface area (Å²) in [6.45, 7) is 10.8. The molecule has 5 heterocycles. The van der Waals surface area contributed by atoms with Crippen LogP contribution >= 0.6 is 0 Å². The van der Waals surface area contributed by atoms with Crippen molar-refractivity contribution in [2.24, 2.45) is 5.73 Å². The van der Waals surface area contributed by atoms with Crippen LogP contribution in [0, 0.1) is 0 Å². The number of aromatic nitrogens is 4. The number of carbonyl (C=O) groups is 2. The zero-order valence-electron chi connectivity index (χ0n) is 25.5. The van der Waals surface area contributed by atoms with Crippen LogP contribution in [0.3, 0.4) is 0 Å². The molecule has 4 aromatic rings. The number of nitrogens with two attached hydrogens (primary N) is 1. The van der Waals surface area contributed by atoms with Crippen LogP contribution in [0.5, 0.6) is 0 Å². The Balaban J connectivity index is 1.07. The minimum Gasteiger partial charge on any atom is -0.378 e. The lowest BCUT2D eigenvalue weighted by Crippen LogP contribution is -2.48. The predicted octanol–water partition coefficient (Wildman–Crippen LogP) is 3.09. The highest BCUT2D eigenvalue weighted by atomic mass is 16.5. The number of morpholine rings is 1. The van der Waals surface area contributed by atoms with Gasteiger partial charge in [0.2, 0.25) is 5.91 Å². The van der Waals surface area contributed by atoms with Crippen LogP contribution in [-0.4, -0.2) is 88.1 Å². The van der Waals surface area contributed by atoms with Crippen molar-refractivity contribution >= 4 is 34.4 Å². The summed E-state index contributed by atoms with van der Waals surface area (Å²) in [6.07, 6.45) is 5.11. The number of rotatable bonds is 9. The van der Waals surface area contributed by atoms with Crippen LogP contribution in [0.4, 0.5) is 11.5 Å². The number of benzene rings is 1. The largest absolute Gasteiger partial charge is 0.378 e. The van der Waals surface area contributed by atoms with Crippen molar-refractivity contribution in [2.45, 2.75) is 38.4 Å². The monoisotopic (exact) mass is 609 g/mol. The van der Waals surface area contributed by atoms with Gasteiger partial charge in [-0.2, -0.15) is 0 Å². The fourth-order valence-corrected chi connectivity index (χ4v) is 5.79. The van der Waals surface area contributed by atoms with Gasteiger partial charge in [-0.3, -0.25) is 19.5 Å². The number of pyridine rings is 1. The highest BCUT2D eigenvalue weighted by Crippen LogP contribution is 2.30. The molecule has 3 aromatic heterocycles. The topological polar surface area (TPSA) is 154 Å². The van der Waals surface area contributed by atoms with E-state index in [1.807, 2.05) is 36.4 Å². The van der Waals surface area contributed by atoms with E-state index in [1.165, 1.54) is 0 Å². The maximum atomic E-state index is 13.1. The first-order chi connectivity index (χ1) is 21.8. The van der Waals surface area contributed by atoms with Crippen molar-refractivity contribution in [3.63, 3.8) is 0 Å². The summed E-state index contributed by atoms with van der Waals surface area (Å²) in [4.78, 5) is 46.7. The Labute approximate surface area is 262 Å². The minimum absolute atomic E-state index is 0.0263. The van der Waals surface area contributed by atoms with Crippen molar-refractivity contribution < 1.29 is 14.3 Å². The molecule has 2 aliphatic heterocycles. The standard InChI is InChI=1S/C33H39N9O3/c1-21(22(2)34)32(43)39-26-4-3-11-41(19-26)18-23-9-10-35-29(16-23)33(44)38-25-7-5-24(6-8-25)28-17-27-30(40-28)36-20-37-31(27)42-12-14-45-15-13-42/h5-10,16-17,20,22,26H,1,3-4,11-15,18-19,34H2,2H3,(H,38,44)(H,39,43)(H,36,37,40)/t22-,26?/m1/s1. The van der Waals surface area contributed by atoms with Gasteiger partial charge in [-0.05, 0) is 67.8 Å². The van der Waals surface area contributed by atoms with Crippen molar-refractivity contribution in [2.75, 3.05) is 49.6 Å². The van der Waals surface area contributed by atoms with Gasteiger partial charge >= 0.3 is 0 Å². The number of nitrogens with one attached hydrogen (secondary N) is 3. The molecule has 45 heavy (non-hydrogen) atoms. The van der Waals surface area contributed by atoms with Gasteiger partial charge in [-0.1, -0.05) is 18.7 Å². The SMILES string of the molecule is C=C(C(=O)NC1CCCN(Cc2ccnc(C(=O)Nc3ccc(-c4cc5c(N6CCOCC6)ncnc5[nH]4)cc3)c2)C1)[C@@H](C)N. The second-order valence-corrected chi connectivity index (χ2v) is 11.7. The van der Waals surface area contributed by atoms with Gasteiger partial charge in [-0.25, -0.2) is 9.97 Å². The number of amides is 2. The van der Waals surface area contributed by atoms with Gasteiger partial charge in [0.05, 0.1) is 18.6 Å². The van der Waals surface area contributed by atoms with E-state index in [4.69, 9.17) is 10.5 Å². The van der Waals surface area contributed by atoms with Crippen LogP contribution in [0.1, 0.15) is 35.8 Å². The minimum atomic E-state index is -0.381. The van der Waals surface area contributed by atoms with Crippen LogP contribution in [-0.2, 0) is 16.1 Å². The highest BCUT2D eigenvalue weighted by molar-refractivity contribution is 6.03. The molecular formula is C33H39N9O3. The third-order valence-corrected chi connectivity index (χ3v) is 8.31. The van der Waals surface area contributed by atoms with Gasteiger partial charge in [0, 0.05) is 61.4 Å². The fourth-order valence-electron chi connectivity index (χ4n) is 5.79. The molecule has 1 unspecified atom stereocenters. The third kappa shape index (κ3) is 7.19. The smallest absolute Gasteiger partial charge is 0.274 e. The molecule has 1 aromatic carbocycles. The number of H-pyrrole nitrogens is 1. The lowest BCUT2D eigenvalue weighted by Gasteiger charge is -2.33. The number of nitrogens with zero attached hydrogens (tertiary/aromatic N) is 5. The Morgan fingerprint density at radius 2 is 1.91 bits per heavy atom. The molecule has 12 heteroatoms. The number of carbonyl (C=O) groups excluding carboxylic acids is 2. The molecule has 234 valence electrons. The summed E-state index contributed by atoms with van der Waals surface area (Å²) in [5.41, 5.74) is 10.9. The Morgan fingerprint density at radius 1 is 1.11 bits per heavy atom. The van der Waals surface area contributed by atoms with Crippen molar-refractivity contribution in [1.82, 2.24) is 30.2 Å². The summed E-state index contributed by atoms with van der Waals surface area (Å²) in [5.74, 6) is 0.430. The molecule has 0 spiro atoms. The maximum Gasteiger partial charge on any atom is 0.274 e. The van der Waals surface area contributed by atoms with E-state index in [0.717, 1.165) is 66.1 Å². The molecule has 0 saturated carbocycles. The fraction of sp³-hybridized carbons (Fsp3) is 0.364. The first-order valence-corrected chi connectivity index (χ1v) is 15.3. The van der Waals surface area contributed by atoms with Crippen LogP contribution in [0.2, 0.25) is 0 Å². The van der Waals surface area contributed by atoms with Gasteiger partial charge in [0.25, 0.3) is 5.91 Å². The lowest BCUT2D eigenvalue weighted by molar-refractivity contribution is -0.118. The van der Waals surface area contributed by atoms with Gasteiger partial charge in [0.1, 0.15) is 23.5 Å². The number of piperidine rings is 1.